The summed E-state index contributed by atoms with van der Waals surface area (Å²) in [5, 5.41) is 17.2. The zero-order valence-corrected chi connectivity index (χ0v) is 14.0. The van der Waals surface area contributed by atoms with Gasteiger partial charge in [-0.3, -0.25) is 4.79 Å². The Balaban J connectivity index is 2.03. The molecule has 0 aliphatic heterocycles. The number of methoxy groups -OCH3 is 1. The van der Waals surface area contributed by atoms with Crippen LogP contribution in [0.3, 0.4) is 0 Å². The topological polar surface area (TPSA) is 100 Å². The number of fused-ring (bicyclic) bond motifs is 3. The molecule has 4 aromatic rings. The van der Waals surface area contributed by atoms with Gasteiger partial charge in [-0.05, 0) is 26.0 Å². The van der Waals surface area contributed by atoms with Crippen molar-refractivity contribution in [2.45, 2.75) is 20.3 Å². The smallest absolute Gasteiger partial charge is 0.311 e. The highest BCUT2D eigenvalue weighted by atomic mass is 16.5. The van der Waals surface area contributed by atoms with Crippen LogP contribution in [0.2, 0.25) is 0 Å². The molecular weight excluding hydrogens is 322 g/mol. The van der Waals surface area contributed by atoms with Crippen LogP contribution in [0.1, 0.15) is 17.1 Å². The number of benzene rings is 1. The fraction of sp³-hybridized carbons (Fsp3) is 0.250. The summed E-state index contributed by atoms with van der Waals surface area (Å²) in [7, 11) is 1.34. The molecule has 126 valence electrons. The highest BCUT2D eigenvalue weighted by molar-refractivity contribution is 5.82. The van der Waals surface area contributed by atoms with Crippen molar-refractivity contribution in [2.24, 2.45) is 0 Å². The Hall–Kier alpha value is -3.36. The first-order chi connectivity index (χ1) is 12.1. The van der Waals surface area contributed by atoms with E-state index < -0.39 is 5.97 Å². The predicted octanol–water partition coefficient (Wildman–Crippen LogP) is 1.19. The Labute approximate surface area is 142 Å². The molecule has 0 unspecified atom stereocenters. The third kappa shape index (κ3) is 2.49. The Bertz CT molecular complexity index is 1100. The summed E-state index contributed by atoms with van der Waals surface area (Å²) >= 11 is 0. The molecule has 25 heavy (non-hydrogen) atoms. The van der Waals surface area contributed by atoms with Crippen molar-refractivity contribution < 1.29 is 9.53 Å². The number of hydrogen-bond acceptors (Lipinski definition) is 7. The third-order valence-corrected chi connectivity index (χ3v) is 3.86. The van der Waals surface area contributed by atoms with Crippen LogP contribution >= 0.6 is 0 Å². The van der Waals surface area contributed by atoms with E-state index in [-0.39, 0.29) is 6.42 Å². The van der Waals surface area contributed by atoms with E-state index in [4.69, 9.17) is 4.74 Å². The molecule has 0 saturated heterocycles. The maximum Gasteiger partial charge on any atom is 0.311 e. The van der Waals surface area contributed by atoms with Crippen molar-refractivity contribution in [1.82, 2.24) is 34.6 Å². The van der Waals surface area contributed by atoms with Crippen molar-refractivity contribution in [2.75, 3.05) is 7.11 Å². The van der Waals surface area contributed by atoms with Crippen molar-refractivity contribution >= 4 is 22.9 Å². The number of nitrogens with zero attached hydrogens (tertiary/aromatic N) is 7. The molecule has 0 aliphatic carbocycles. The van der Waals surface area contributed by atoms with Crippen LogP contribution in [0.5, 0.6) is 0 Å². The number of rotatable bonds is 3. The molecule has 9 nitrogen and oxygen atoms in total. The van der Waals surface area contributed by atoms with E-state index in [1.54, 1.807) is 16.1 Å². The molecule has 3 heterocycles. The molecule has 0 atom stereocenters. The molecular formula is C16H15N7O2. The van der Waals surface area contributed by atoms with Gasteiger partial charge in [-0.1, -0.05) is 17.7 Å². The molecule has 1 aromatic carbocycles. The average molecular weight is 337 g/mol. The first-order valence-corrected chi connectivity index (χ1v) is 7.68. The number of aromatic nitrogens is 7. The number of ether oxygens (including phenoxy) is 1. The van der Waals surface area contributed by atoms with E-state index >= 15 is 0 Å². The lowest BCUT2D eigenvalue weighted by molar-refractivity contribution is -0.139. The van der Waals surface area contributed by atoms with Crippen LogP contribution in [0.4, 0.5) is 0 Å². The van der Waals surface area contributed by atoms with Gasteiger partial charge in [-0.15, -0.1) is 15.3 Å². The number of esters is 1. The summed E-state index contributed by atoms with van der Waals surface area (Å²) in [6.45, 7) is 3.79. The molecule has 0 radical (unpaired) electrons. The Morgan fingerprint density at radius 3 is 2.60 bits per heavy atom. The lowest BCUT2D eigenvalue weighted by Crippen LogP contribution is -2.06. The van der Waals surface area contributed by atoms with Crippen molar-refractivity contribution in [3.63, 3.8) is 0 Å². The minimum absolute atomic E-state index is 0.000271. The summed E-state index contributed by atoms with van der Waals surface area (Å²) in [5.41, 5.74) is 3.53. The lowest BCUT2D eigenvalue weighted by atomic mass is 10.2. The largest absolute Gasteiger partial charge is 0.469 e. The number of carbonyl (C=O) groups excluding carboxylic acids is 1. The van der Waals surface area contributed by atoms with Gasteiger partial charge in [0.15, 0.2) is 11.2 Å². The number of hydrogen-bond donors (Lipinski definition) is 0. The zero-order chi connectivity index (χ0) is 17.6. The van der Waals surface area contributed by atoms with E-state index in [9.17, 15) is 4.79 Å². The van der Waals surface area contributed by atoms with E-state index in [1.165, 1.54) is 7.11 Å². The molecule has 0 amide bonds. The predicted molar refractivity (Wildman–Crippen MR) is 88.4 cm³/mol. The van der Waals surface area contributed by atoms with Gasteiger partial charge in [0, 0.05) is 0 Å². The first kappa shape index (κ1) is 15.2. The van der Waals surface area contributed by atoms with Crippen LogP contribution < -0.4 is 0 Å². The van der Waals surface area contributed by atoms with Gasteiger partial charge in [0.2, 0.25) is 0 Å². The van der Waals surface area contributed by atoms with Crippen LogP contribution in [-0.4, -0.2) is 47.7 Å². The molecule has 0 aliphatic rings. The maximum absolute atomic E-state index is 11.7. The van der Waals surface area contributed by atoms with E-state index in [0.29, 0.717) is 28.5 Å². The van der Waals surface area contributed by atoms with Gasteiger partial charge in [0.05, 0.1) is 19.2 Å². The molecule has 0 fully saturated rings. The third-order valence-electron chi connectivity index (χ3n) is 3.86. The monoisotopic (exact) mass is 337 g/mol. The maximum atomic E-state index is 11.7. The standard InChI is InChI=1S/C16H15N7O2/c1-9-4-6-11(7-5-9)22-15-14(12(21-22)8-13(24)25-3)18-19-16-17-10(2)20-23(15)16/h4-7H,8H2,1-3H3. The normalized spacial score (nSPS) is 11.3. The minimum Gasteiger partial charge on any atom is -0.469 e. The van der Waals surface area contributed by atoms with Gasteiger partial charge >= 0.3 is 5.97 Å². The molecule has 0 bridgehead atoms. The average Bonchev–Trinajstić information content (AvgIpc) is 3.15. The summed E-state index contributed by atoms with van der Waals surface area (Å²) in [6, 6.07) is 7.86. The second-order valence-electron chi connectivity index (χ2n) is 5.69. The summed E-state index contributed by atoms with van der Waals surface area (Å²) in [6.07, 6.45) is -0.000271. The Kier molecular flexibility index (Phi) is 3.41. The minimum atomic E-state index is -0.396. The van der Waals surface area contributed by atoms with Crippen molar-refractivity contribution in [1.29, 1.82) is 0 Å². The van der Waals surface area contributed by atoms with Crippen molar-refractivity contribution in [3.8, 4) is 5.69 Å². The highest BCUT2D eigenvalue weighted by Gasteiger charge is 2.21. The number of carbonyl (C=O) groups is 1. The zero-order valence-electron chi connectivity index (χ0n) is 14.0. The van der Waals surface area contributed by atoms with Crippen molar-refractivity contribution in [3.05, 3.63) is 41.3 Å². The SMILES string of the molecule is COC(=O)Cc1nn(-c2ccc(C)cc2)c2c1nnc1nc(C)nn12. The van der Waals surface area contributed by atoms with Gasteiger partial charge in [-0.2, -0.15) is 14.6 Å². The first-order valence-electron chi connectivity index (χ1n) is 7.68. The Morgan fingerprint density at radius 1 is 1.12 bits per heavy atom. The number of aryl methyl sites for hydroxylation is 2. The Morgan fingerprint density at radius 2 is 1.88 bits per heavy atom. The van der Waals surface area contributed by atoms with Gasteiger partial charge in [0.25, 0.3) is 5.78 Å². The lowest BCUT2D eigenvalue weighted by Gasteiger charge is -2.04. The molecule has 3 aromatic heterocycles. The summed E-state index contributed by atoms with van der Waals surface area (Å²) in [5.74, 6) is 0.558. The quantitative estimate of drug-likeness (QED) is 0.518. The van der Waals surface area contributed by atoms with Crippen LogP contribution in [0, 0.1) is 13.8 Å². The molecule has 0 saturated carbocycles. The summed E-state index contributed by atoms with van der Waals surface area (Å²) < 4.78 is 8.04. The second-order valence-corrected chi connectivity index (χ2v) is 5.69. The van der Waals surface area contributed by atoms with Gasteiger partial charge in [-0.25, -0.2) is 4.68 Å². The van der Waals surface area contributed by atoms with Crippen LogP contribution in [0.15, 0.2) is 24.3 Å². The molecule has 0 spiro atoms. The second kappa shape index (κ2) is 5.62. The van der Waals surface area contributed by atoms with E-state index in [1.807, 2.05) is 31.2 Å². The summed E-state index contributed by atoms with van der Waals surface area (Å²) in [4.78, 5) is 16.0. The highest BCUT2D eigenvalue weighted by Crippen LogP contribution is 2.21. The van der Waals surface area contributed by atoms with Gasteiger partial charge < -0.3 is 4.74 Å². The fourth-order valence-electron chi connectivity index (χ4n) is 2.64. The molecule has 9 heteroatoms. The van der Waals surface area contributed by atoms with Gasteiger partial charge in [0.1, 0.15) is 11.5 Å². The van der Waals surface area contributed by atoms with E-state index in [2.05, 4.69) is 25.4 Å². The molecule has 4 rings (SSSR count). The van der Waals surface area contributed by atoms with Crippen LogP contribution in [0.25, 0.3) is 22.6 Å². The fourth-order valence-corrected chi connectivity index (χ4v) is 2.64. The van der Waals surface area contributed by atoms with E-state index in [0.717, 1.165) is 11.3 Å². The van der Waals surface area contributed by atoms with Crippen LogP contribution in [-0.2, 0) is 16.0 Å². The molecule has 0 N–H and O–H groups in total.